The molecule has 1 heterocycles. The Hall–Kier alpha value is -3.51. The number of hydrogen-bond donors (Lipinski definition) is 1. The van der Waals surface area contributed by atoms with Crippen molar-refractivity contribution in [1.82, 2.24) is 4.98 Å². The molecule has 30 heavy (non-hydrogen) atoms. The van der Waals surface area contributed by atoms with Crippen LogP contribution < -0.4 is 14.8 Å². The van der Waals surface area contributed by atoms with Crippen LogP contribution in [0.3, 0.4) is 0 Å². The molecule has 1 N–H and O–H groups in total. The molecule has 0 aliphatic carbocycles. The van der Waals surface area contributed by atoms with E-state index in [0.717, 1.165) is 11.3 Å². The maximum Gasteiger partial charge on any atom is 0.255 e. The smallest absolute Gasteiger partial charge is 0.255 e. The van der Waals surface area contributed by atoms with Gasteiger partial charge in [-0.25, -0.2) is 4.98 Å². The lowest BCUT2D eigenvalue weighted by Crippen LogP contribution is -2.11. The third kappa shape index (κ3) is 4.09. The maximum absolute atomic E-state index is 12.6. The molecule has 1 amide bonds. The lowest BCUT2D eigenvalue weighted by Gasteiger charge is -2.08. The zero-order chi connectivity index (χ0) is 21.1. The van der Waals surface area contributed by atoms with E-state index in [2.05, 4.69) is 10.3 Å². The Labute approximate surface area is 178 Å². The number of rotatable bonds is 6. The molecular formula is C23H19ClN2O4. The molecule has 0 aliphatic rings. The largest absolute Gasteiger partial charge is 0.497 e. The highest BCUT2D eigenvalue weighted by molar-refractivity contribution is 6.32. The summed E-state index contributed by atoms with van der Waals surface area (Å²) >= 11 is 6.18. The van der Waals surface area contributed by atoms with Crippen LogP contribution in [0.25, 0.3) is 22.6 Å². The summed E-state index contributed by atoms with van der Waals surface area (Å²) in [5.74, 6) is 1.46. The van der Waals surface area contributed by atoms with Crippen molar-refractivity contribution in [2.75, 3.05) is 19.0 Å². The molecule has 3 aromatic carbocycles. The van der Waals surface area contributed by atoms with Gasteiger partial charge in [0.1, 0.15) is 17.0 Å². The number of anilines is 1. The molecule has 0 unspecified atom stereocenters. The van der Waals surface area contributed by atoms with Gasteiger partial charge in [0.2, 0.25) is 5.89 Å². The Morgan fingerprint density at radius 3 is 2.77 bits per heavy atom. The Morgan fingerprint density at radius 1 is 1.13 bits per heavy atom. The van der Waals surface area contributed by atoms with E-state index in [9.17, 15) is 4.79 Å². The first-order valence-corrected chi connectivity index (χ1v) is 9.74. The van der Waals surface area contributed by atoms with Crippen LogP contribution >= 0.6 is 11.6 Å². The van der Waals surface area contributed by atoms with Crippen molar-refractivity contribution < 1.29 is 18.7 Å². The summed E-state index contributed by atoms with van der Waals surface area (Å²) in [7, 11) is 1.61. The fourth-order valence-electron chi connectivity index (χ4n) is 3.00. The minimum Gasteiger partial charge on any atom is -0.497 e. The molecule has 6 nitrogen and oxygen atoms in total. The number of oxazole rings is 1. The third-order valence-corrected chi connectivity index (χ3v) is 4.75. The van der Waals surface area contributed by atoms with Gasteiger partial charge in [0.05, 0.1) is 18.7 Å². The fraction of sp³-hybridized carbons (Fsp3) is 0.130. The molecule has 0 fully saturated rings. The number of halogens is 1. The van der Waals surface area contributed by atoms with E-state index in [4.69, 9.17) is 25.5 Å². The van der Waals surface area contributed by atoms with Gasteiger partial charge in [0, 0.05) is 16.8 Å². The highest BCUT2D eigenvalue weighted by Crippen LogP contribution is 2.29. The van der Waals surface area contributed by atoms with E-state index >= 15 is 0 Å². The second-order valence-electron chi connectivity index (χ2n) is 6.47. The molecule has 4 rings (SSSR count). The van der Waals surface area contributed by atoms with Crippen molar-refractivity contribution in [2.45, 2.75) is 6.92 Å². The number of carbonyl (C=O) groups is 1. The van der Waals surface area contributed by atoms with Gasteiger partial charge in [0.25, 0.3) is 5.91 Å². The summed E-state index contributed by atoms with van der Waals surface area (Å²) in [5, 5.41) is 3.24. The first-order valence-electron chi connectivity index (χ1n) is 9.36. The molecule has 0 aliphatic heterocycles. The maximum atomic E-state index is 12.6. The lowest BCUT2D eigenvalue weighted by atomic mass is 10.2. The van der Waals surface area contributed by atoms with Crippen LogP contribution in [0, 0.1) is 0 Å². The fourth-order valence-corrected chi connectivity index (χ4v) is 3.24. The average Bonchev–Trinajstić information content (AvgIpc) is 3.19. The van der Waals surface area contributed by atoms with E-state index in [1.807, 2.05) is 31.2 Å². The zero-order valence-corrected chi connectivity index (χ0v) is 17.2. The van der Waals surface area contributed by atoms with Gasteiger partial charge in [-0.15, -0.1) is 0 Å². The standard InChI is InChI=1S/C23H19ClN2O4/c1-3-29-20-9-7-14(12-18(20)24)22(27)25-16-8-10-21-19(13-16)26-23(30-21)15-5-4-6-17(11-15)28-2/h4-13H,3H2,1-2H3,(H,25,27). The predicted molar refractivity (Wildman–Crippen MR) is 117 cm³/mol. The van der Waals surface area contributed by atoms with Crippen molar-refractivity contribution in [3.63, 3.8) is 0 Å². The molecule has 0 saturated carbocycles. The van der Waals surface area contributed by atoms with Crippen LogP contribution in [0.2, 0.25) is 5.02 Å². The molecule has 0 spiro atoms. The van der Waals surface area contributed by atoms with E-state index in [1.54, 1.807) is 43.5 Å². The van der Waals surface area contributed by atoms with Gasteiger partial charge >= 0.3 is 0 Å². The number of benzene rings is 3. The quantitative estimate of drug-likeness (QED) is 0.424. The molecule has 0 radical (unpaired) electrons. The SMILES string of the molecule is CCOc1ccc(C(=O)Nc2ccc3oc(-c4cccc(OC)c4)nc3c2)cc1Cl. The topological polar surface area (TPSA) is 73.6 Å². The first-order chi connectivity index (χ1) is 14.6. The lowest BCUT2D eigenvalue weighted by molar-refractivity contribution is 0.102. The van der Waals surface area contributed by atoms with Crippen molar-refractivity contribution in [3.05, 3.63) is 71.2 Å². The summed E-state index contributed by atoms with van der Waals surface area (Å²) in [6.07, 6.45) is 0. The van der Waals surface area contributed by atoms with Gasteiger partial charge in [-0.3, -0.25) is 4.79 Å². The molecule has 7 heteroatoms. The van der Waals surface area contributed by atoms with Crippen LogP contribution in [-0.2, 0) is 0 Å². The zero-order valence-electron chi connectivity index (χ0n) is 16.4. The minimum atomic E-state index is -0.282. The number of carbonyl (C=O) groups excluding carboxylic acids is 1. The Bertz CT molecular complexity index is 1220. The van der Waals surface area contributed by atoms with E-state index in [-0.39, 0.29) is 5.91 Å². The van der Waals surface area contributed by atoms with Gasteiger partial charge in [0.15, 0.2) is 5.58 Å². The first kappa shape index (κ1) is 19.8. The molecule has 0 saturated heterocycles. The molecule has 1 aromatic heterocycles. The molecule has 0 atom stereocenters. The second kappa shape index (κ2) is 8.47. The van der Waals surface area contributed by atoms with Crippen LogP contribution in [0.4, 0.5) is 5.69 Å². The normalized spacial score (nSPS) is 10.8. The Kier molecular flexibility index (Phi) is 5.59. The van der Waals surface area contributed by atoms with E-state index in [0.29, 0.717) is 45.6 Å². The highest BCUT2D eigenvalue weighted by Gasteiger charge is 2.13. The highest BCUT2D eigenvalue weighted by atomic mass is 35.5. The van der Waals surface area contributed by atoms with E-state index < -0.39 is 0 Å². The number of fused-ring (bicyclic) bond motifs is 1. The monoisotopic (exact) mass is 422 g/mol. The Balaban J connectivity index is 1.56. The number of nitrogens with zero attached hydrogens (tertiary/aromatic N) is 1. The second-order valence-corrected chi connectivity index (χ2v) is 6.87. The van der Waals surface area contributed by atoms with E-state index in [1.165, 1.54) is 0 Å². The summed E-state index contributed by atoms with van der Waals surface area (Å²) < 4.78 is 16.5. The average molecular weight is 423 g/mol. The van der Waals surface area contributed by atoms with Crippen molar-refractivity contribution in [1.29, 1.82) is 0 Å². The summed E-state index contributed by atoms with van der Waals surface area (Å²) in [6, 6.07) is 17.7. The van der Waals surface area contributed by atoms with Gasteiger partial charge in [-0.1, -0.05) is 17.7 Å². The van der Waals surface area contributed by atoms with Crippen molar-refractivity contribution in [3.8, 4) is 23.0 Å². The summed E-state index contributed by atoms with van der Waals surface area (Å²) in [6.45, 7) is 2.37. The Morgan fingerprint density at radius 2 is 2.00 bits per heavy atom. The summed E-state index contributed by atoms with van der Waals surface area (Å²) in [5.41, 5.74) is 3.09. The van der Waals surface area contributed by atoms with Crippen molar-refractivity contribution >= 4 is 34.3 Å². The number of methoxy groups -OCH3 is 1. The van der Waals surface area contributed by atoms with Gasteiger partial charge in [-0.05, 0) is 61.5 Å². The van der Waals surface area contributed by atoms with Crippen LogP contribution in [-0.4, -0.2) is 24.6 Å². The number of nitrogens with one attached hydrogen (secondary N) is 1. The molecule has 152 valence electrons. The van der Waals surface area contributed by atoms with Crippen LogP contribution in [0.15, 0.2) is 65.1 Å². The summed E-state index contributed by atoms with van der Waals surface area (Å²) in [4.78, 5) is 17.1. The number of hydrogen-bond acceptors (Lipinski definition) is 5. The number of aromatic nitrogens is 1. The molecule has 4 aromatic rings. The molecule has 0 bridgehead atoms. The predicted octanol–water partition coefficient (Wildman–Crippen LogP) is 5.81. The van der Waals surface area contributed by atoms with Crippen molar-refractivity contribution in [2.24, 2.45) is 0 Å². The van der Waals surface area contributed by atoms with Crippen LogP contribution in [0.1, 0.15) is 17.3 Å². The van der Waals surface area contributed by atoms with Crippen LogP contribution in [0.5, 0.6) is 11.5 Å². The number of amides is 1. The minimum absolute atomic E-state index is 0.282. The molecular weight excluding hydrogens is 404 g/mol. The third-order valence-electron chi connectivity index (χ3n) is 4.46. The number of ether oxygens (including phenoxy) is 2. The van der Waals surface area contributed by atoms with Gasteiger partial charge in [-0.2, -0.15) is 0 Å². The van der Waals surface area contributed by atoms with Gasteiger partial charge < -0.3 is 19.2 Å².